The summed E-state index contributed by atoms with van der Waals surface area (Å²) in [7, 11) is 1.71. The van der Waals surface area contributed by atoms with Crippen molar-refractivity contribution in [2.45, 2.75) is 33.9 Å². The maximum absolute atomic E-state index is 5.57. The molecule has 3 rings (SSSR count). The van der Waals surface area contributed by atoms with Crippen molar-refractivity contribution in [3.05, 3.63) is 59.1 Å². The fourth-order valence-corrected chi connectivity index (χ4v) is 2.39. The van der Waals surface area contributed by atoms with Crippen LogP contribution in [-0.4, -0.2) is 23.0 Å². The zero-order valence-corrected chi connectivity index (χ0v) is 15.5. The van der Waals surface area contributed by atoms with E-state index in [1.807, 2.05) is 45.0 Å². The molecule has 0 saturated carbocycles. The number of rotatable bonds is 5. The SMILES string of the molecule is CN=C(NCc1coc(-c2ccc(C)cc2)n1)NCc1nc(C)c(C)o1. The maximum atomic E-state index is 5.57. The molecule has 0 unspecified atom stereocenters. The number of guanidine groups is 1. The summed E-state index contributed by atoms with van der Waals surface area (Å²) in [6, 6.07) is 8.07. The van der Waals surface area contributed by atoms with Gasteiger partial charge in [-0.05, 0) is 32.9 Å². The molecular formula is C19H23N5O2. The monoisotopic (exact) mass is 353 g/mol. The Morgan fingerprint density at radius 2 is 1.77 bits per heavy atom. The highest BCUT2D eigenvalue weighted by molar-refractivity contribution is 5.79. The maximum Gasteiger partial charge on any atom is 0.226 e. The average Bonchev–Trinajstić information content (AvgIpc) is 3.23. The molecule has 2 heterocycles. The van der Waals surface area contributed by atoms with E-state index in [0.29, 0.717) is 30.8 Å². The molecule has 1 aromatic carbocycles. The normalized spacial score (nSPS) is 11.6. The number of hydrogen-bond donors (Lipinski definition) is 2. The molecule has 0 aliphatic heterocycles. The summed E-state index contributed by atoms with van der Waals surface area (Å²) >= 11 is 0. The molecule has 3 aromatic rings. The Kier molecular flexibility index (Phi) is 5.36. The molecule has 0 amide bonds. The van der Waals surface area contributed by atoms with Gasteiger partial charge in [0, 0.05) is 12.6 Å². The van der Waals surface area contributed by atoms with Crippen LogP contribution in [0, 0.1) is 20.8 Å². The van der Waals surface area contributed by atoms with Crippen molar-refractivity contribution in [3.8, 4) is 11.5 Å². The van der Waals surface area contributed by atoms with Crippen LogP contribution in [0.15, 0.2) is 44.4 Å². The van der Waals surface area contributed by atoms with Gasteiger partial charge in [-0.2, -0.15) is 0 Å². The molecule has 0 saturated heterocycles. The Morgan fingerprint density at radius 3 is 2.42 bits per heavy atom. The van der Waals surface area contributed by atoms with Gasteiger partial charge in [-0.25, -0.2) is 9.97 Å². The first-order valence-electron chi connectivity index (χ1n) is 8.44. The molecule has 0 aliphatic carbocycles. The molecule has 0 fully saturated rings. The highest BCUT2D eigenvalue weighted by Gasteiger charge is 2.09. The minimum Gasteiger partial charge on any atom is -0.444 e. The number of aryl methyl sites for hydroxylation is 3. The molecule has 7 nitrogen and oxygen atoms in total. The summed E-state index contributed by atoms with van der Waals surface area (Å²) in [5, 5.41) is 6.36. The predicted octanol–water partition coefficient (Wildman–Crippen LogP) is 3.12. The van der Waals surface area contributed by atoms with Crippen LogP contribution in [0.3, 0.4) is 0 Å². The second kappa shape index (κ2) is 7.86. The van der Waals surface area contributed by atoms with Crippen molar-refractivity contribution >= 4 is 5.96 Å². The summed E-state index contributed by atoms with van der Waals surface area (Å²) in [4.78, 5) is 13.0. The van der Waals surface area contributed by atoms with Crippen molar-refractivity contribution in [3.63, 3.8) is 0 Å². The van der Waals surface area contributed by atoms with Crippen LogP contribution in [0.1, 0.15) is 28.6 Å². The average molecular weight is 353 g/mol. The highest BCUT2D eigenvalue weighted by Crippen LogP contribution is 2.19. The number of nitrogens with one attached hydrogen (secondary N) is 2. The zero-order valence-electron chi connectivity index (χ0n) is 15.5. The molecule has 136 valence electrons. The molecular weight excluding hydrogens is 330 g/mol. The van der Waals surface area contributed by atoms with Crippen LogP contribution < -0.4 is 10.6 Å². The van der Waals surface area contributed by atoms with Crippen LogP contribution in [-0.2, 0) is 13.1 Å². The van der Waals surface area contributed by atoms with E-state index in [1.165, 1.54) is 5.56 Å². The van der Waals surface area contributed by atoms with Crippen LogP contribution in [0.25, 0.3) is 11.5 Å². The van der Waals surface area contributed by atoms with Gasteiger partial charge in [0.1, 0.15) is 12.0 Å². The van der Waals surface area contributed by atoms with Crippen molar-refractivity contribution in [1.29, 1.82) is 0 Å². The van der Waals surface area contributed by atoms with Gasteiger partial charge < -0.3 is 19.5 Å². The third kappa shape index (κ3) is 4.30. The van der Waals surface area contributed by atoms with E-state index >= 15 is 0 Å². The van der Waals surface area contributed by atoms with E-state index in [2.05, 4.69) is 25.6 Å². The van der Waals surface area contributed by atoms with E-state index in [9.17, 15) is 0 Å². The Morgan fingerprint density at radius 1 is 1.04 bits per heavy atom. The van der Waals surface area contributed by atoms with Gasteiger partial charge in [0.15, 0.2) is 5.96 Å². The van der Waals surface area contributed by atoms with Gasteiger partial charge in [0.2, 0.25) is 11.8 Å². The first-order chi connectivity index (χ1) is 12.5. The number of nitrogens with zero attached hydrogens (tertiary/aromatic N) is 3. The Labute approximate surface area is 152 Å². The third-order valence-electron chi connectivity index (χ3n) is 3.99. The highest BCUT2D eigenvalue weighted by atomic mass is 16.4. The second-order valence-electron chi connectivity index (χ2n) is 6.04. The molecule has 0 radical (unpaired) electrons. The minimum atomic E-state index is 0.460. The van der Waals surface area contributed by atoms with Crippen LogP contribution in [0.4, 0.5) is 0 Å². The first kappa shape index (κ1) is 17.7. The largest absolute Gasteiger partial charge is 0.444 e. The number of oxazole rings is 2. The van der Waals surface area contributed by atoms with Gasteiger partial charge in [-0.15, -0.1) is 0 Å². The number of aromatic nitrogens is 2. The van der Waals surface area contributed by atoms with E-state index in [4.69, 9.17) is 8.83 Å². The lowest BCUT2D eigenvalue weighted by molar-refractivity contribution is 0.463. The van der Waals surface area contributed by atoms with E-state index in [1.54, 1.807) is 13.3 Å². The van der Waals surface area contributed by atoms with E-state index in [0.717, 1.165) is 22.7 Å². The van der Waals surface area contributed by atoms with Gasteiger partial charge in [0.05, 0.1) is 24.5 Å². The lowest BCUT2D eigenvalue weighted by atomic mass is 10.1. The standard InChI is InChI=1S/C19H23N5O2/c1-12-5-7-15(8-6-12)18-24-16(11-25-18)9-21-19(20-4)22-10-17-23-13(2)14(3)26-17/h5-8,11H,9-10H2,1-4H3,(H2,20,21,22). The Balaban J connectivity index is 1.54. The zero-order chi connectivity index (χ0) is 18.5. The molecule has 7 heteroatoms. The lowest BCUT2D eigenvalue weighted by Crippen LogP contribution is -2.36. The first-order valence-corrected chi connectivity index (χ1v) is 8.44. The van der Waals surface area contributed by atoms with Crippen LogP contribution in [0.5, 0.6) is 0 Å². The summed E-state index contributed by atoms with van der Waals surface area (Å²) in [6.07, 6.45) is 1.65. The van der Waals surface area contributed by atoms with E-state index < -0.39 is 0 Å². The topological polar surface area (TPSA) is 88.5 Å². The van der Waals surface area contributed by atoms with Crippen molar-refractivity contribution < 1.29 is 8.83 Å². The van der Waals surface area contributed by atoms with E-state index in [-0.39, 0.29) is 0 Å². The summed E-state index contributed by atoms with van der Waals surface area (Å²) in [6.45, 7) is 6.83. The quantitative estimate of drug-likeness (QED) is 0.541. The Bertz CT molecular complexity index is 874. The fourth-order valence-electron chi connectivity index (χ4n) is 2.39. The second-order valence-corrected chi connectivity index (χ2v) is 6.04. The van der Waals surface area contributed by atoms with Crippen molar-refractivity contribution in [2.75, 3.05) is 7.05 Å². The fraction of sp³-hybridized carbons (Fsp3) is 0.316. The smallest absolute Gasteiger partial charge is 0.226 e. The molecule has 2 N–H and O–H groups in total. The summed E-state index contributed by atoms with van der Waals surface area (Å²) in [5.41, 5.74) is 3.86. The van der Waals surface area contributed by atoms with Crippen molar-refractivity contribution in [1.82, 2.24) is 20.6 Å². The summed E-state index contributed by atoms with van der Waals surface area (Å²) < 4.78 is 11.1. The van der Waals surface area contributed by atoms with Crippen LogP contribution in [0.2, 0.25) is 0 Å². The molecule has 0 aliphatic rings. The Hall–Kier alpha value is -3.09. The number of aliphatic imine (C=N–C) groups is 1. The van der Waals surface area contributed by atoms with Crippen molar-refractivity contribution in [2.24, 2.45) is 4.99 Å². The number of benzene rings is 1. The number of hydrogen-bond acceptors (Lipinski definition) is 5. The van der Waals surface area contributed by atoms with Crippen LogP contribution >= 0.6 is 0 Å². The molecule has 0 atom stereocenters. The van der Waals surface area contributed by atoms with Gasteiger partial charge >= 0.3 is 0 Å². The van der Waals surface area contributed by atoms with Gasteiger partial charge in [-0.1, -0.05) is 17.7 Å². The molecule has 0 bridgehead atoms. The third-order valence-corrected chi connectivity index (χ3v) is 3.99. The minimum absolute atomic E-state index is 0.460. The summed E-state index contributed by atoms with van der Waals surface area (Å²) in [5.74, 6) is 2.70. The predicted molar refractivity (Wildman–Crippen MR) is 99.7 cm³/mol. The molecule has 26 heavy (non-hydrogen) atoms. The van der Waals surface area contributed by atoms with Gasteiger partial charge in [0.25, 0.3) is 0 Å². The lowest BCUT2D eigenvalue weighted by Gasteiger charge is -2.08. The molecule has 2 aromatic heterocycles. The molecule has 0 spiro atoms. The van der Waals surface area contributed by atoms with Gasteiger partial charge in [-0.3, -0.25) is 4.99 Å².